The van der Waals surface area contributed by atoms with Gasteiger partial charge in [-0.05, 0) is 23.0 Å². The second kappa shape index (κ2) is 3.11. The van der Waals surface area contributed by atoms with Gasteiger partial charge in [-0.15, -0.1) is 0 Å². The molecule has 1 atom stereocenters. The van der Waals surface area contributed by atoms with E-state index in [1.165, 1.54) is 0 Å². The largest absolute Gasteiger partial charge is 0.350 e. The van der Waals surface area contributed by atoms with Crippen LogP contribution in [0.3, 0.4) is 0 Å². The summed E-state index contributed by atoms with van der Waals surface area (Å²) in [5.41, 5.74) is 0.509. The van der Waals surface area contributed by atoms with E-state index in [0.717, 1.165) is 12.9 Å². The number of allylic oxidation sites excluding steroid dienone is 2. The third-order valence-corrected chi connectivity index (χ3v) is 4.29. The molecule has 0 bridgehead atoms. The van der Waals surface area contributed by atoms with E-state index in [1.54, 1.807) is 0 Å². The van der Waals surface area contributed by atoms with Crippen LogP contribution in [-0.2, 0) is 9.69 Å². The van der Waals surface area contributed by atoms with Crippen molar-refractivity contribution in [3.63, 3.8) is 0 Å². The van der Waals surface area contributed by atoms with Crippen LogP contribution in [0.2, 0.25) is 12.1 Å². The van der Waals surface area contributed by atoms with Crippen LogP contribution < -0.4 is 0 Å². The zero-order valence-corrected chi connectivity index (χ0v) is 9.54. The lowest BCUT2D eigenvalue weighted by atomic mass is 9.45. The molecule has 78 valence electrons. The van der Waals surface area contributed by atoms with Gasteiger partial charge in [0.1, 0.15) is 0 Å². The Morgan fingerprint density at radius 1 is 1.29 bits per heavy atom. The molecule has 0 saturated carbocycles. The second-order valence-corrected chi connectivity index (χ2v) is 5.57. The third-order valence-electron chi connectivity index (χ3n) is 4.29. The standard InChI is InChI=1S/C11H19BO2/c1-10(2)6-5-9(11(10,3)4)12-7-8-13-14-12/h5-6,9H,7-8H2,1-4H3. The van der Waals surface area contributed by atoms with Gasteiger partial charge in [-0.25, -0.2) is 0 Å². The molecule has 0 spiro atoms. The van der Waals surface area contributed by atoms with Crippen LogP contribution in [0, 0.1) is 10.8 Å². The van der Waals surface area contributed by atoms with Crippen LogP contribution in [0.15, 0.2) is 12.2 Å². The molecule has 1 aliphatic carbocycles. The summed E-state index contributed by atoms with van der Waals surface area (Å²) in [6, 6.07) is 0. The predicted octanol–water partition coefficient (Wildman–Crippen LogP) is 2.93. The van der Waals surface area contributed by atoms with E-state index in [-0.39, 0.29) is 17.7 Å². The fourth-order valence-corrected chi connectivity index (χ4v) is 2.41. The first-order chi connectivity index (χ1) is 6.45. The molecule has 2 nitrogen and oxygen atoms in total. The lowest BCUT2D eigenvalue weighted by Crippen LogP contribution is -2.36. The molecule has 2 aliphatic rings. The van der Waals surface area contributed by atoms with Crippen LogP contribution in [0.5, 0.6) is 0 Å². The lowest BCUT2D eigenvalue weighted by molar-refractivity contribution is -0.187. The Morgan fingerprint density at radius 3 is 2.43 bits per heavy atom. The van der Waals surface area contributed by atoms with Gasteiger partial charge in [0.15, 0.2) is 0 Å². The van der Waals surface area contributed by atoms with Gasteiger partial charge in [0, 0.05) is 0 Å². The van der Waals surface area contributed by atoms with Gasteiger partial charge in [-0.3, -0.25) is 4.89 Å². The zero-order chi connectivity index (χ0) is 10.4. The first-order valence-corrected chi connectivity index (χ1v) is 5.43. The van der Waals surface area contributed by atoms with Crippen LogP contribution in [-0.4, -0.2) is 13.5 Å². The smallest absolute Gasteiger partial charge is 0.304 e. The van der Waals surface area contributed by atoms with Gasteiger partial charge >= 0.3 is 6.92 Å². The van der Waals surface area contributed by atoms with Gasteiger partial charge in [-0.2, -0.15) is 0 Å². The molecule has 1 fully saturated rings. The highest BCUT2D eigenvalue weighted by molar-refractivity contribution is 6.55. The van der Waals surface area contributed by atoms with Crippen LogP contribution in [0.25, 0.3) is 0 Å². The van der Waals surface area contributed by atoms with Crippen molar-refractivity contribution in [3.8, 4) is 0 Å². The van der Waals surface area contributed by atoms with Crippen molar-refractivity contribution in [1.82, 2.24) is 0 Å². The Labute approximate surface area is 86.7 Å². The van der Waals surface area contributed by atoms with Crippen molar-refractivity contribution in [2.24, 2.45) is 10.8 Å². The van der Waals surface area contributed by atoms with Crippen molar-refractivity contribution in [1.29, 1.82) is 0 Å². The van der Waals surface area contributed by atoms with Crippen molar-refractivity contribution < 1.29 is 9.69 Å². The summed E-state index contributed by atoms with van der Waals surface area (Å²) in [5.74, 6) is 0.486. The maximum atomic E-state index is 5.31. The molecule has 1 aliphatic heterocycles. The van der Waals surface area contributed by atoms with E-state index in [9.17, 15) is 0 Å². The predicted molar refractivity (Wildman–Crippen MR) is 58.1 cm³/mol. The average molecular weight is 194 g/mol. The van der Waals surface area contributed by atoms with Crippen LogP contribution in [0.4, 0.5) is 0 Å². The second-order valence-electron chi connectivity index (χ2n) is 5.57. The Bertz CT molecular complexity index is 252. The molecule has 0 amide bonds. The monoisotopic (exact) mass is 194 g/mol. The van der Waals surface area contributed by atoms with Crippen LogP contribution >= 0.6 is 0 Å². The summed E-state index contributed by atoms with van der Waals surface area (Å²) in [7, 11) is 0. The molecule has 1 heterocycles. The molecule has 1 unspecified atom stereocenters. The van der Waals surface area contributed by atoms with Crippen molar-refractivity contribution >= 4 is 6.92 Å². The Morgan fingerprint density at radius 2 is 2.00 bits per heavy atom. The average Bonchev–Trinajstić information content (AvgIpc) is 2.61. The molecule has 0 aromatic carbocycles. The molecule has 2 rings (SSSR count). The maximum absolute atomic E-state index is 5.31. The molecule has 0 radical (unpaired) electrons. The highest BCUT2D eigenvalue weighted by atomic mass is 17.2. The van der Waals surface area contributed by atoms with Gasteiger partial charge in [-0.1, -0.05) is 39.8 Å². The molecular weight excluding hydrogens is 175 g/mol. The fraction of sp³-hybridized carbons (Fsp3) is 0.818. The lowest BCUT2D eigenvalue weighted by Gasteiger charge is -2.40. The first kappa shape index (κ1) is 10.2. The topological polar surface area (TPSA) is 18.5 Å². The Kier molecular flexibility index (Phi) is 2.28. The van der Waals surface area contributed by atoms with E-state index in [2.05, 4.69) is 39.8 Å². The summed E-state index contributed by atoms with van der Waals surface area (Å²) in [6.07, 6.45) is 5.65. The molecule has 0 N–H and O–H groups in total. The molecule has 1 saturated heterocycles. The minimum absolute atomic E-state index is 0.253. The van der Waals surface area contributed by atoms with Crippen molar-refractivity contribution in [3.05, 3.63) is 12.2 Å². The molecule has 0 aromatic rings. The van der Waals surface area contributed by atoms with Crippen molar-refractivity contribution in [2.45, 2.75) is 39.8 Å². The van der Waals surface area contributed by atoms with Gasteiger partial charge < -0.3 is 4.81 Å². The Balaban J connectivity index is 2.18. The maximum Gasteiger partial charge on any atom is 0.350 e. The number of hydrogen-bond donors (Lipinski definition) is 0. The SMILES string of the molecule is CC1(C)C=CC(B2CCOO2)C1(C)C. The molecule has 14 heavy (non-hydrogen) atoms. The molecule has 3 heteroatoms. The normalized spacial score (nSPS) is 34.0. The quantitative estimate of drug-likeness (QED) is 0.363. The number of rotatable bonds is 1. The van der Waals surface area contributed by atoms with E-state index >= 15 is 0 Å². The van der Waals surface area contributed by atoms with E-state index in [1.807, 2.05) is 0 Å². The first-order valence-electron chi connectivity index (χ1n) is 5.43. The summed E-state index contributed by atoms with van der Waals surface area (Å²) in [6.45, 7) is 10.2. The molecular formula is C11H19BO2. The summed E-state index contributed by atoms with van der Waals surface area (Å²) < 4.78 is 0. The minimum Gasteiger partial charge on any atom is -0.304 e. The minimum atomic E-state index is 0.253. The number of hydrogen-bond acceptors (Lipinski definition) is 2. The van der Waals surface area contributed by atoms with E-state index in [4.69, 9.17) is 9.69 Å². The van der Waals surface area contributed by atoms with Gasteiger partial charge in [0.2, 0.25) is 0 Å². The highest BCUT2D eigenvalue weighted by Gasteiger charge is 2.51. The van der Waals surface area contributed by atoms with Crippen LogP contribution in [0.1, 0.15) is 27.7 Å². The summed E-state index contributed by atoms with van der Waals surface area (Å²) in [5, 5.41) is 0. The Hall–Kier alpha value is -0.275. The van der Waals surface area contributed by atoms with Crippen molar-refractivity contribution in [2.75, 3.05) is 6.61 Å². The highest BCUT2D eigenvalue weighted by Crippen LogP contribution is 2.56. The van der Waals surface area contributed by atoms with E-state index < -0.39 is 0 Å². The summed E-state index contributed by atoms with van der Waals surface area (Å²) >= 11 is 0. The third kappa shape index (κ3) is 1.34. The van der Waals surface area contributed by atoms with Gasteiger partial charge in [0.05, 0.1) is 6.61 Å². The van der Waals surface area contributed by atoms with E-state index in [0.29, 0.717) is 5.82 Å². The van der Waals surface area contributed by atoms with Gasteiger partial charge in [0.25, 0.3) is 0 Å². The fourth-order valence-electron chi connectivity index (χ4n) is 2.41. The summed E-state index contributed by atoms with van der Waals surface area (Å²) in [4.78, 5) is 10.3. The zero-order valence-electron chi connectivity index (χ0n) is 9.54. The molecule has 0 aromatic heterocycles.